The molecule has 0 bridgehead atoms. The fraction of sp³-hybridized carbons (Fsp3) is 0.235. The summed E-state index contributed by atoms with van der Waals surface area (Å²) in [5, 5.41) is 7.83. The lowest BCUT2D eigenvalue weighted by molar-refractivity contribution is 0.102. The van der Waals surface area contributed by atoms with Gasteiger partial charge in [0, 0.05) is 29.0 Å². The van der Waals surface area contributed by atoms with Crippen LogP contribution in [0.1, 0.15) is 30.2 Å². The molecule has 0 saturated carbocycles. The van der Waals surface area contributed by atoms with Crippen LogP contribution in [-0.4, -0.2) is 35.3 Å². The molecule has 8 nitrogen and oxygen atoms in total. The van der Waals surface area contributed by atoms with Crippen LogP contribution in [0.25, 0.3) is 11.0 Å². The number of hydrogen-bond donors (Lipinski definition) is 2. The summed E-state index contributed by atoms with van der Waals surface area (Å²) >= 11 is 0. The van der Waals surface area contributed by atoms with Gasteiger partial charge in [-0.3, -0.25) is 9.52 Å². The number of fused-ring (bicyclic) bond motifs is 1. The van der Waals surface area contributed by atoms with Gasteiger partial charge >= 0.3 is 0 Å². The lowest BCUT2D eigenvalue weighted by Crippen LogP contribution is -2.13. The van der Waals surface area contributed by atoms with Crippen LogP contribution in [0.5, 0.6) is 0 Å². The molecular weight excluding hydrogens is 354 g/mol. The van der Waals surface area contributed by atoms with E-state index in [1.54, 1.807) is 41.2 Å². The predicted molar refractivity (Wildman–Crippen MR) is 101 cm³/mol. The molecule has 2 aromatic heterocycles. The van der Waals surface area contributed by atoms with Crippen molar-refractivity contribution in [2.24, 2.45) is 0 Å². The second kappa shape index (κ2) is 6.75. The normalized spacial score (nSPS) is 11.7. The summed E-state index contributed by atoms with van der Waals surface area (Å²) in [6.07, 6.45) is 4.27. The molecule has 0 radical (unpaired) electrons. The number of pyridine rings is 1. The van der Waals surface area contributed by atoms with Crippen LogP contribution in [0, 0.1) is 0 Å². The third-order valence-corrected chi connectivity index (χ3v) is 4.24. The molecule has 3 aromatic rings. The molecule has 0 aliphatic carbocycles. The number of carbonyl (C=O) groups excluding carboxylic acids is 1. The fourth-order valence-corrected chi connectivity index (χ4v) is 3.05. The van der Waals surface area contributed by atoms with Gasteiger partial charge in [-0.1, -0.05) is 0 Å². The van der Waals surface area contributed by atoms with Gasteiger partial charge in [0.05, 0.1) is 18.0 Å². The number of rotatable bonds is 5. The number of carbonyl (C=O) groups is 1. The van der Waals surface area contributed by atoms with E-state index in [1.165, 1.54) is 6.20 Å². The minimum atomic E-state index is -3.33. The van der Waals surface area contributed by atoms with Crippen molar-refractivity contribution in [2.45, 2.75) is 19.9 Å². The monoisotopic (exact) mass is 373 g/mol. The molecule has 26 heavy (non-hydrogen) atoms. The van der Waals surface area contributed by atoms with Crippen molar-refractivity contribution in [3.05, 3.63) is 48.3 Å². The largest absolute Gasteiger partial charge is 0.322 e. The summed E-state index contributed by atoms with van der Waals surface area (Å²) in [6, 6.07) is 8.31. The Labute approximate surface area is 151 Å². The summed E-state index contributed by atoms with van der Waals surface area (Å²) in [5.74, 6) is -0.305. The molecule has 0 aliphatic rings. The van der Waals surface area contributed by atoms with E-state index >= 15 is 0 Å². The average Bonchev–Trinajstić information content (AvgIpc) is 2.98. The fourth-order valence-electron chi connectivity index (χ4n) is 2.48. The predicted octanol–water partition coefficient (Wildman–Crippen LogP) is 2.64. The molecule has 1 aromatic carbocycles. The minimum Gasteiger partial charge on any atom is -0.322 e. The Morgan fingerprint density at radius 1 is 1.12 bits per heavy atom. The summed E-state index contributed by atoms with van der Waals surface area (Å²) in [7, 11) is -3.33. The first-order chi connectivity index (χ1) is 12.2. The van der Waals surface area contributed by atoms with Crippen LogP contribution in [0.4, 0.5) is 11.4 Å². The standard InChI is InChI=1S/C17H19N5O3S/c1-11(2)22-16-12(10-19-22)8-13(9-18-16)17(23)20-14-4-6-15(7-5-14)21-26(3,24)25/h4-11,21H,1-3H3,(H,20,23). The maximum Gasteiger partial charge on any atom is 0.257 e. The quantitative estimate of drug-likeness (QED) is 0.715. The first kappa shape index (κ1) is 17.9. The highest BCUT2D eigenvalue weighted by Gasteiger charge is 2.12. The highest BCUT2D eigenvalue weighted by Crippen LogP contribution is 2.19. The van der Waals surface area contributed by atoms with Crippen LogP contribution < -0.4 is 10.0 Å². The van der Waals surface area contributed by atoms with Crippen molar-refractivity contribution < 1.29 is 13.2 Å². The second-order valence-electron chi connectivity index (χ2n) is 6.23. The van der Waals surface area contributed by atoms with Gasteiger partial charge in [-0.05, 0) is 44.2 Å². The van der Waals surface area contributed by atoms with Crippen molar-refractivity contribution in [3.8, 4) is 0 Å². The smallest absolute Gasteiger partial charge is 0.257 e. The van der Waals surface area contributed by atoms with E-state index in [2.05, 4.69) is 20.1 Å². The molecule has 0 aliphatic heterocycles. The molecule has 0 spiro atoms. The van der Waals surface area contributed by atoms with E-state index in [-0.39, 0.29) is 11.9 Å². The lowest BCUT2D eigenvalue weighted by atomic mass is 10.2. The second-order valence-corrected chi connectivity index (χ2v) is 7.97. The first-order valence-corrected chi connectivity index (χ1v) is 9.84. The number of sulfonamides is 1. The highest BCUT2D eigenvalue weighted by atomic mass is 32.2. The zero-order valence-corrected chi connectivity index (χ0v) is 15.4. The number of benzene rings is 1. The third kappa shape index (κ3) is 3.99. The number of amides is 1. The zero-order valence-electron chi connectivity index (χ0n) is 14.6. The van der Waals surface area contributed by atoms with Crippen LogP contribution in [0.2, 0.25) is 0 Å². The van der Waals surface area contributed by atoms with Gasteiger partial charge in [0.1, 0.15) is 0 Å². The van der Waals surface area contributed by atoms with Gasteiger partial charge < -0.3 is 5.32 Å². The maximum atomic E-state index is 12.4. The van der Waals surface area contributed by atoms with E-state index < -0.39 is 10.0 Å². The van der Waals surface area contributed by atoms with Gasteiger partial charge in [-0.25, -0.2) is 18.1 Å². The molecule has 3 rings (SSSR count). The molecule has 2 N–H and O–H groups in total. The molecule has 136 valence electrons. The summed E-state index contributed by atoms with van der Waals surface area (Å²) in [6.45, 7) is 4.02. The van der Waals surface area contributed by atoms with Gasteiger partial charge in [-0.2, -0.15) is 5.10 Å². The maximum absolute atomic E-state index is 12.4. The lowest BCUT2D eigenvalue weighted by Gasteiger charge is -2.08. The number of nitrogens with zero attached hydrogens (tertiary/aromatic N) is 3. The molecule has 9 heteroatoms. The Morgan fingerprint density at radius 2 is 1.77 bits per heavy atom. The Bertz CT molecular complexity index is 1060. The van der Waals surface area contributed by atoms with Gasteiger partial charge in [-0.15, -0.1) is 0 Å². The molecule has 0 unspecified atom stereocenters. The van der Waals surface area contributed by atoms with Crippen molar-refractivity contribution >= 4 is 38.3 Å². The van der Waals surface area contributed by atoms with Crippen LogP contribution in [0.3, 0.4) is 0 Å². The van der Waals surface area contributed by atoms with Crippen LogP contribution >= 0.6 is 0 Å². The Balaban J connectivity index is 1.76. The van der Waals surface area contributed by atoms with Crippen molar-refractivity contribution in [1.82, 2.24) is 14.8 Å². The van der Waals surface area contributed by atoms with Crippen molar-refractivity contribution in [1.29, 1.82) is 0 Å². The summed E-state index contributed by atoms with van der Waals surface area (Å²) < 4.78 is 26.6. The van der Waals surface area contributed by atoms with E-state index in [1.807, 2.05) is 13.8 Å². The van der Waals surface area contributed by atoms with E-state index in [9.17, 15) is 13.2 Å². The average molecular weight is 373 g/mol. The molecule has 0 saturated heterocycles. The summed E-state index contributed by atoms with van der Waals surface area (Å²) in [4.78, 5) is 16.8. The van der Waals surface area contributed by atoms with Crippen molar-refractivity contribution in [3.63, 3.8) is 0 Å². The first-order valence-electron chi connectivity index (χ1n) is 7.95. The van der Waals surface area contributed by atoms with Crippen LogP contribution in [-0.2, 0) is 10.0 Å². The minimum absolute atomic E-state index is 0.179. The molecule has 0 fully saturated rings. The number of anilines is 2. The number of hydrogen-bond acceptors (Lipinski definition) is 5. The van der Waals surface area contributed by atoms with Gasteiger partial charge in [0.15, 0.2) is 5.65 Å². The Kier molecular flexibility index (Phi) is 4.64. The third-order valence-electron chi connectivity index (χ3n) is 3.63. The highest BCUT2D eigenvalue weighted by molar-refractivity contribution is 7.92. The Morgan fingerprint density at radius 3 is 2.38 bits per heavy atom. The molecule has 0 atom stereocenters. The van der Waals surface area contributed by atoms with Crippen LogP contribution in [0.15, 0.2) is 42.7 Å². The molecular formula is C17H19N5O3S. The van der Waals surface area contributed by atoms with E-state index in [4.69, 9.17) is 0 Å². The summed E-state index contributed by atoms with van der Waals surface area (Å²) in [5.41, 5.74) is 2.12. The molecule has 1 amide bonds. The van der Waals surface area contributed by atoms with E-state index in [0.29, 0.717) is 16.9 Å². The van der Waals surface area contributed by atoms with Gasteiger partial charge in [0.2, 0.25) is 10.0 Å². The number of aromatic nitrogens is 3. The molecule has 2 heterocycles. The van der Waals surface area contributed by atoms with Crippen molar-refractivity contribution in [2.75, 3.05) is 16.3 Å². The number of nitrogens with one attached hydrogen (secondary N) is 2. The SMILES string of the molecule is CC(C)n1ncc2cc(C(=O)Nc3ccc(NS(C)(=O)=O)cc3)cnc21. The zero-order chi connectivity index (χ0) is 18.9. The Hall–Kier alpha value is -2.94. The van der Waals surface area contributed by atoms with E-state index in [0.717, 1.165) is 17.3 Å². The topological polar surface area (TPSA) is 106 Å². The van der Waals surface area contributed by atoms with Gasteiger partial charge in [0.25, 0.3) is 5.91 Å².